The Labute approximate surface area is 108 Å². The fraction of sp³-hybridized carbons (Fsp3) is 0.333. The van der Waals surface area contributed by atoms with Crippen LogP contribution >= 0.6 is 15.9 Å². The minimum absolute atomic E-state index is 0.368. The third-order valence-electron chi connectivity index (χ3n) is 2.27. The highest BCUT2D eigenvalue weighted by Crippen LogP contribution is 2.12. The van der Waals surface area contributed by atoms with Crippen molar-refractivity contribution in [2.24, 2.45) is 0 Å². The zero-order valence-electron chi connectivity index (χ0n) is 9.44. The summed E-state index contributed by atoms with van der Waals surface area (Å²) in [5.74, 6) is -1.37. The van der Waals surface area contributed by atoms with Crippen molar-refractivity contribution >= 4 is 27.8 Å². The summed E-state index contributed by atoms with van der Waals surface area (Å²) in [7, 11) is 0. The summed E-state index contributed by atoms with van der Waals surface area (Å²) >= 11 is 3.26. The second kappa shape index (κ2) is 6.39. The monoisotopic (exact) mass is 299 g/mol. The second-order valence-corrected chi connectivity index (χ2v) is 4.58. The van der Waals surface area contributed by atoms with Crippen LogP contribution in [0, 0.1) is 0 Å². The molecule has 0 aliphatic carbocycles. The quantitative estimate of drug-likeness (QED) is 0.877. The molecule has 1 aromatic rings. The van der Waals surface area contributed by atoms with Gasteiger partial charge in [0.1, 0.15) is 6.04 Å². The zero-order valence-corrected chi connectivity index (χ0v) is 11.0. The van der Waals surface area contributed by atoms with Crippen molar-refractivity contribution in [2.45, 2.75) is 25.8 Å². The van der Waals surface area contributed by atoms with Crippen LogP contribution < -0.4 is 5.32 Å². The maximum atomic E-state index is 11.8. The predicted molar refractivity (Wildman–Crippen MR) is 67.9 cm³/mol. The van der Waals surface area contributed by atoms with E-state index in [1.807, 2.05) is 6.92 Å². The van der Waals surface area contributed by atoms with Crippen LogP contribution in [0.1, 0.15) is 30.1 Å². The molecule has 17 heavy (non-hydrogen) atoms. The van der Waals surface area contributed by atoms with Crippen LogP contribution in [-0.2, 0) is 4.79 Å². The van der Waals surface area contributed by atoms with E-state index in [-0.39, 0.29) is 5.91 Å². The van der Waals surface area contributed by atoms with E-state index in [9.17, 15) is 9.59 Å². The molecule has 1 rings (SSSR count). The molecule has 1 atom stereocenters. The SMILES string of the molecule is CCC[C@H](NC(=O)c1cccc(Br)c1)C(=O)O. The molecule has 1 amide bonds. The smallest absolute Gasteiger partial charge is 0.326 e. The molecule has 0 unspecified atom stereocenters. The van der Waals surface area contributed by atoms with Crippen molar-refractivity contribution in [2.75, 3.05) is 0 Å². The molecule has 0 radical (unpaired) electrons. The molecule has 0 heterocycles. The molecule has 0 aliphatic rings. The molecule has 0 fully saturated rings. The van der Waals surface area contributed by atoms with Gasteiger partial charge in [-0.05, 0) is 24.6 Å². The number of carbonyl (C=O) groups is 2. The molecule has 5 heteroatoms. The molecule has 0 spiro atoms. The highest BCUT2D eigenvalue weighted by Gasteiger charge is 2.19. The summed E-state index contributed by atoms with van der Waals surface area (Å²) in [6, 6.07) is 6.00. The number of carbonyl (C=O) groups excluding carboxylic acids is 1. The largest absolute Gasteiger partial charge is 0.480 e. The third kappa shape index (κ3) is 4.19. The molecule has 0 bridgehead atoms. The Morgan fingerprint density at radius 1 is 1.47 bits per heavy atom. The van der Waals surface area contributed by atoms with Crippen LogP contribution in [0.2, 0.25) is 0 Å². The van der Waals surface area contributed by atoms with Gasteiger partial charge in [-0.2, -0.15) is 0 Å². The van der Waals surface area contributed by atoms with E-state index in [4.69, 9.17) is 5.11 Å². The van der Waals surface area contributed by atoms with Crippen molar-refractivity contribution in [3.05, 3.63) is 34.3 Å². The van der Waals surface area contributed by atoms with Crippen LogP contribution in [-0.4, -0.2) is 23.0 Å². The van der Waals surface area contributed by atoms with Crippen LogP contribution in [0.15, 0.2) is 28.7 Å². The number of hydrogen-bond acceptors (Lipinski definition) is 2. The maximum absolute atomic E-state index is 11.8. The fourth-order valence-corrected chi connectivity index (χ4v) is 1.82. The number of rotatable bonds is 5. The van der Waals surface area contributed by atoms with Gasteiger partial charge >= 0.3 is 5.97 Å². The number of benzene rings is 1. The van der Waals surface area contributed by atoms with Gasteiger partial charge in [0.25, 0.3) is 5.91 Å². The number of carboxylic acids is 1. The summed E-state index contributed by atoms with van der Waals surface area (Å²) in [4.78, 5) is 22.7. The Hall–Kier alpha value is -1.36. The molecule has 0 saturated carbocycles. The lowest BCUT2D eigenvalue weighted by molar-refractivity contribution is -0.139. The van der Waals surface area contributed by atoms with Gasteiger partial charge in [0.15, 0.2) is 0 Å². The Morgan fingerprint density at radius 3 is 2.71 bits per heavy atom. The van der Waals surface area contributed by atoms with Crippen LogP contribution in [0.25, 0.3) is 0 Å². The summed E-state index contributed by atoms with van der Waals surface area (Å²) in [5, 5.41) is 11.4. The highest BCUT2D eigenvalue weighted by atomic mass is 79.9. The number of aliphatic carboxylic acids is 1. The topological polar surface area (TPSA) is 66.4 Å². The van der Waals surface area contributed by atoms with E-state index in [0.717, 1.165) is 4.47 Å². The number of carboxylic acid groups (broad SMARTS) is 1. The van der Waals surface area contributed by atoms with E-state index in [1.54, 1.807) is 24.3 Å². The van der Waals surface area contributed by atoms with Gasteiger partial charge in [-0.15, -0.1) is 0 Å². The fourth-order valence-electron chi connectivity index (χ4n) is 1.42. The van der Waals surface area contributed by atoms with Crippen LogP contribution in [0.4, 0.5) is 0 Å². The molecule has 1 aromatic carbocycles. The average molecular weight is 300 g/mol. The first-order chi connectivity index (χ1) is 8.04. The zero-order chi connectivity index (χ0) is 12.8. The van der Waals surface area contributed by atoms with Crippen molar-refractivity contribution in [1.82, 2.24) is 5.32 Å². The van der Waals surface area contributed by atoms with Crippen LogP contribution in [0.3, 0.4) is 0 Å². The van der Waals surface area contributed by atoms with E-state index in [0.29, 0.717) is 18.4 Å². The summed E-state index contributed by atoms with van der Waals surface area (Å²) in [5.41, 5.74) is 0.446. The molecule has 92 valence electrons. The second-order valence-electron chi connectivity index (χ2n) is 3.66. The normalized spacial score (nSPS) is 11.9. The van der Waals surface area contributed by atoms with Gasteiger partial charge in [-0.1, -0.05) is 35.3 Å². The van der Waals surface area contributed by atoms with Gasteiger partial charge in [-0.3, -0.25) is 4.79 Å². The molecule has 0 saturated heterocycles. The average Bonchev–Trinajstić information content (AvgIpc) is 2.28. The van der Waals surface area contributed by atoms with Gasteiger partial charge < -0.3 is 10.4 Å². The number of amides is 1. The number of halogens is 1. The number of hydrogen-bond donors (Lipinski definition) is 2. The summed E-state index contributed by atoms with van der Waals surface area (Å²) < 4.78 is 0.785. The standard InChI is InChI=1S/C12H14BrNO3/c1-2-4-10(12(16)17)14-11(15)8-5-3-6-9(13)7-8/h3,5-7,10H,2,4H2,1H3,(H,14,15)(H,16,17)/t10-/m0/s1. The molecular weight excluding hydrogens is 286 g/mol. The first kappa shape index (κ1) is 13.7. The summed E-state index contributed by atoms with van der Waals surface area (Å²) in [6.45, 7) is 1.88. The molecule has 2 N–H and O–H groups in total. The molecule has 4 nitrogen and oxygen atoms in total. The van der Waals surface area contributed by atoms with Crippen LogP contribution in [0.5, 0.6) is 0 Å². The van der Waals surface area contributed by atoms with Crippen molar-refractivity contribution in [1.29, 1.82) is 0 Å². The first-order valence-corrected chi connectivity index (χ1v) is 6.13. The minimum Gasteiger partial charge on any atom is -0.480 e. The van der Waals surface area contributed by atoms with E-state index >= 15 is 0 Å². The lowest BCUT2D eigenvalue weighted by atomic mass is 10.1. The van der Waals surface area contributed by atoms with Gasteiger partial charge in [0.05, 0.1) is 0 Å². The van der Waals surface area contributed by atoms with Crippen molar-refractivity contribution in [3.8, 4) is 0 Å². The molecular formula is C12H14BrNO3. The Balaban J connectivity index is 2.73. The molecule has 0 aromatic heterocycles. The highest BCUT2D eigenvalue weighted by molar-refractivity contribution is 9.10. The maximum Gasteiger partial charge on any atom is 0.326 e. The van der Waals surface area contributed by atoms with Crippen molar-refractivity contribution < 1.29 is 14.7 Å². The summed E-state index contributed by atoms with van der Waals surface area (Å²) in [6.07, 6.45) is 1.13. The minimum atomic E-state index is -1.00. The predicted octanol–water partition coefficient (Wildman–Crippen LogP) is 2.43. The van der Waals surface area contributed by atoms with Gasteiger partial charge in [0.2, 0.25) is 0 Å². The first-order valence-electron chi connectivity index (χ1n) is 5.33. The lowest BCUT2D eigenvalue weighted by Gasteiger charge is -2.13. The number of nitrogens with one attached hydrogen (secondary N) is 1. The van der Waals surface area contributed by atoms with Crippen molar-refractivity contribution in [3.63, 3.8) is 0 Å². The lowest BCUT2D eigenvalue weighted by Crippen LogP contribution is -2.40. The third-order valence-corrected chi connectivity index (χ3v) is 2.76. The Bertz CT molecular complexity index is 420. The van der Waals surface area contributed by atoms with Gasteiger partial charge in [0, 0.05) is 10.0 Å². The Kier molecular flexibility index (Phi) is 5.15. The van der Waals surface area contributed by atoms with E-state index < -0.39 is 12.0 Å². The van der Waals surface area contributed by atoms with Gasteiger partial charge in [-0.25, -0.2) is 4.79 Å². The van der Waals surface area contributed by atoms with E-state index in [1.165, 1.54) is 0 Å². The van der Waals surface area contributed by atoms with E-state index in [2.05, 4.69) is 21.2 Å². The Morgan fingerprint density at radius 2 is 2.18 bits per heavy atom. The molecule has 0 aliphatic heterocycles.